The van der Waals surface area contributed by atoms with E-state index in [9.17, 15) is 0 Å². The van der Waals surface area contributed by atoms with E-state index in [-0.39, 0.29) is 10.8 Å². The molecule has 1 rings (SSSR count). The Morgan fingerprint density at radius 2 is 1.48 bits per heavy atom. The van der Waals surface area contributed by atoms with Crippen LogP contribution in [0.3, 0.4) is 0 Å². The van der Waals surface area contributed by atoms with Crippen LogP contribution in [0.2, 0.25) is 0 Å². The van der Waals surface area contributed by atoms with Crippen molar-refractivity contribution in [3.05, 3.63) is 35.4 Å². The summed E-state index contributed by atoms with van der Waals surface area (Å²) in [4.78, 5) is 2.47. The van der Waals surface area contributed by atoms with Crippen LogP contribution in [0.5, 0.6) is 0 Å². The molecule has 1 aromatic rings. The zero-order valence-corrected chi connectivity index (χ0v) is 14.9. The highest BCUT2D eigenvalue weighted by Crippen LogP contribution is 2.26. The van der Waals surface area contributed by atoms with Crippen molar-refractivity contribution in [1.29, 1.82) is 0 Å². The van der Waals surface area contributed by atoms with Crippen molar-refractivity contribution >= 4 is 0 Å². The second-order valence-electron chi connectivity index (χ2n) is 7.60. The summed E-state index contributed by atoms with van der Waals surface area (Å²) in [5.74, 6) is 0. The molecule has 0 heterocycles. The molecule has 0 saturated carbocycles. The maximum absolute atomic E-state index is 6.09. The quantitative estimate of drug-likeness (QED) is 0.827. The molecule has 0 aliphatic heterocycles. The first-order valence-electron chi connectivity index (χ1n) is 8.26. The zero-order chi connectivity index (χ0) is 16.1. The summed E-state index contributed by atoms with van der Waals surface area (Å²) in [5.41, 5.74) is 9.24. The second-order valence-corrected chi connectivity index (χ2v) is 7.60. The maximum Gasteiger partial charge on any atom is 0.00504 e. The number of benzene rings is 1. The Morgan fingerprint density at radius 3 is 1.86 bits per heavy atom. The molecule has 0 radical (unpaired) electrons. The van der Waals surface area contributed by atoms with Gasteiger partial charge in [-0.2, -0.15) is 0 Å². The van der Waals surface area contributed by atoms with Gasteiger partial charge in [-0.15, -0.1) is 0 Å². The van der Waals surface area contributed by atoms with Crippen LogP contribution < -0.4 is 5.73 Å². The SMILES string of the molecule is CCN(CC)CC(C)(CN)Cc1ccc(C(C)(C)C)cc1. The Labute approximate surface area is 131 Å². The minimum atomic E-state index is 0.148. The Morgan fingerprint density at radius 1 is 0.952 bits per heavy atom. The maximum atomic E-state index is 6.09. The van der Waals surface area contributed by atoms with E-state index in [0.29, 0.717) is 0 Å². The van der Waals surface area contributed by atoms with Gasteiger partial charge in [-0.05, 0) is 48.0 Å². The van der Waals surface area contributed by atoms with E-state index in [1.807, 2.05) is 0 Å². The van der Waals surface area contributed by atoms with Crippen LogP contribution in [0.25, 0.3) is 0 Å². The standard InChI is InChI=1S/C19H34N2/c1-7-21(8-2)15-19(6,14-20)13-16-9-11-17(12-10-16)18(3,4)5/h9-12H,7-8,13-15,20H2,1-6H3. The largest absolute Gasteiger partial charge is 0.330 e. The zero-order valence-electron chi connectivity index (χ0n) is 14.9. The molecule has 2 nitrogen and oxygen atoms in total. The first-order valence-corrected chi connectivity index (χ1v) is 8.26. The molecule has 0 aromatic heterocycles. The smallest absolute Gasteiger partial charge is 0.00504 e. The van der Waals surface area contributed by atoms with Gasteiger partial charge in [-0.25, -0.2) is 0 Å². The highest BCUT2D eigenvalue weighted by molar-refractivity contribution is 5.28. The molecule has 1 atom stereocenters. The van der Waals surface area contributed by atoms with Gasteiger partial charge in [0, 0.05) is 6.54 Å². The van der Waals surface area contributed by atoms with Crippen molar-refractivity contribution in [3.63, 3.8) is 0 Å². The lowest BCUT2D eigenvalue weighted by Gasteiger charge is -2.34. The number of rotatable bonds is 7. The molecule has 1 aromatic carbocycles. The van der Waals surface area contributed by atoms with E-state index >= 15 is 0 Å². The van der Waals surface area contributed by atoms with E-state index in [1.165, 1.54) is 11.1 Å². The van der Waals surface area contributed by atoms with Gasteiger partial charge in [0.15, 0.2) is 0 Å². The van der Waals surface area contributed by atoms with Crippen LogP contribution in [0, 0.1) is 5.41 Å². The van der Waals surface area contributed by atoms with Crippen LogP contribution in [-0.4, -0.2) is 31.1 Å². The predicted molar refractivity (Wildman–Crippen MR) is 93.8 cm³/mol. The lowest BCUT2D eigenvalue weighted by Crippen LogP contribution is -2.42. The molecular formula is C19H34N2. The number of nitrogens with two attached hydrogens (primary N) is 1. The van der Waals surface area contributed by atoms with Gasteiger partial charge in [0.05, 0.1) is 0 Å². The predicted octanol–water partition coefficient (Wildman–Crippen LogP) is 3.83. The molecule has 2 N–H and O–H groups in total. The normalized spacial score (nSPS) is 15.2. The fraction of sp³-hybridized carbons (Fsp3) is 0.684. The number of nitrogens with zero attached hydrogens (tertiary/aromatic N) is 1. The van der Waals surface area contributed by atoms with E-state index in [1.54, 1.807) is 0 Å². The first kappa shape index (κ1) is 18.2. The minimum absolute atomic E-state index is 0.148. The van der Waals surface area contributed by atoms with Crippen molar-refractivity contribution in [2.45, 2.75) is 53.4 Å². The molecule has 0 fully saturated rings. The third-order valence-electron chi connectivity index (χ3n) is 4.44. The van der Waals surface area contributed by atoms with Crippen LogP contribution in [0.4, 0.5) is 0 Å². The van der Waals surface area contributed by atoms with Crippen molar-refractivity contribution in [3.8, 4) is 0 Å². The lowest BCUT2D eigenvalue weighted by atomic mass is 9.81. The van der Waals surface area contributed by atoms with Gasteiger partial charge in [0.25, 0.3) is 0 Å². The summed E-state index contributed by atoms with van der Waals surface area (Å²) in [6, 6.07) is 9.08. The van der Waals surface area contributed by atoms with Crippen molar-refractivity contribution < 1.29 is 0 Å². The van der Waals surface area contributed by atoms with Crippen molar-refractivity contribution in [1.82, 2.24) is 4.90 Å². The molecule has 0 bridgehead atoms. The molecule has 21 heavy (non-hydrogen) atoms. The van der Waals surface area contributed by atoms with Gasteiger partial charge < -0.3 is 10.6 Å². The lowest BCUT2D eigenvalue weighted by molar-refractivity contribution is 0.181. The summed E-state index contributed by atoms with van der Waals surface area (Å²) >= 11 is 0. The number of hydrogen-bond acceptors (Lipinski definition) is 2. The molecule has 0 spiro atoms. The molecule has 120 valence electrons. The fourth-order valence-electron chi connectivity index (χ4n) is 2.80. The summed E-state index contributed by atoms with van der Waals surface area (Å²) < 4.78 is 0. The highest BCUT2D eigenvalue weighted by atomic mass is 15.1. The van der Waals surface area contributed by atoms with Crippen LogP contribution in [0.1, 0.15) is 52.7 Å². The van der Waals surface area contributed by atoms with Gasteiger partial charge in [0.2, 0.25) is 0 Å². The van der Waals surface area contributed by atoms with E-state index in [2.05, 4.69) is 70.7 Å². The molecule has 0 aliphatic carbocycles. The fourth-order valence-corrected chi connectivity index (χ4v) is 2.80. The second kappa shape index (κ2) is 7.42. The molecule has 2 heteroatoms. The van der Waals surface area contributed by atoms with Gasteiger partial charge in [-0.3, -0.25) is 0 Å². The van der Waals surface area contributed by atoms with Gasteiger partial charge >= 0.3 is 0 Å². The van der Waals surface area contributed by atoms with Crippen molar-refractivity contribution in [2.24, 2.45) is 11.1 Å². The Balaban J connectivity index is 2.81. The molecule has 0 aliphatic rings. The Bertz CT molecular complexity index is 412. The van der Waals surface area contributed by atoms with E-state index in [0.717, 1.165) is 32.6 Å². The first-order chi connectivity index (χ1) is 9.74. The summed E-state index contributed by atoms with van der Waals surface area (Å²) in [5, 5.41) is 0. The minimum Gasteiger partial charge on any atom is -0.330 e. The van der Waals surface area contributed by atoms with E-state index < -0.39 is 0 Å². The third kappa shape index (κ3) is 5.44. The average Bonchev–Trinajstić information content (AvgIpc) is 2.44. The average molecular weight is 290 g/mol. The van der Waals surface area contributed by atoms with Gasteiger partial charge in [0.1, 0.15) is 0 Å². The molecule has 0 saturated heterocycles. The van der Waals surface area contributed by atoms with Crippen LogP contribution in [0.15, 0.2) is 24.3 Å². The Kier molecular flexibility index (Phi) is 6.42. The summed E-state index contributed by atoms with van der Waals surface area (Å²) in [6.45, 7) is 17.5. The Hall–Kier alpha value is -0.860. The molecule has 0 amide bonds. The molecular weight excluding hydrogens is 256 g/mol. The van der Waals surface area contributed by atoms with E-state index in [4.69, 9.17) is 5.73 Å². The monoisotopic (exact) mass is 290 g/mol. The third-order valence-corrected chi connectivity index (χ3v) is 4.44. The van der Waals surface area contributed by atoms with Crippen LogP contribution in [-0.2, 0) is 11.8 Å². The highest BCUT2D eigenvalue weighted by Gasteiger charge is 2.25. The molecule has 1 unspecified atom stereocenters. The summed E-state index contributed by atoms with van der Waals surface area (Å²) in [6.07, 6.45) is 1.05. The number of hydrogen-bond donors (Lipinski definition) is 1. The topological polar surface area (TPSA) is 29.3 Å². The van der Waals surface area contributed by atoms with Crippen LogP contribution >= 0.6 is 0 Å². The van der Waals surface area contributed by atoms with Gasteiger partial charge in [-0.1, -0.05) is 65.8 Å². The van der Waals surface area contributed by atoms with Crippen molar-refractivity contribution in [2.75, 3.05) is 26.2 Å². The summed E-state index contributed by atoms with van der Waals surface area (Å²) in [7, 11) is 0.